The number of hydrogen-bond acceptors (Lipinski definition) is 11. The lowest BCUT2D eigenvalue weighted by molar-refractivity contribution is -0.297. The molecule has 0 aromatic heterocycles. The van der Waals surface area contributed by atoms with Gasteiger partial charge in [-0.2, -0.15) is 8.42 Å². The van der Waals surface area contributed by atoms with Crippen molar-refractivity contribution in [1.29, 1.82) is 0 Å². The van der Waals surface area contributed by atoms with Gasteiger partial charge in [-0.15, -0.1) is 0 Å². The summed E-state index contributed by atoms with van der Waals surface area (Å²) in [5, 5.41) is 30.6. The van der Waals surface area contributed by atoms with Crippen LogP contribution in [0.5, 0.6) is 0 Å². The molecule has 1 rings (SSSR count). The van der Waals surface area contributed by atoms with E-state index in [1.54, 1.807) is 0 Å². The van der Waals surface area contributed by atoms with Crippen molar-refractivity contribution in [2.24, 2.45) is 0 Å². The molecule has 0 spiro atoms. The normalized spacial score (nSPS) is 22.8. The summed E-state index contributed by atoms with van der Waals surface area (Å²) in [5.74, 6) is -2.10. The van der Waals surface area contributed by atoms with Crippen molar-refractivity contribution in [1.82, 2.24) is 0 Å². The zero-order valence-corrected chi connectivity index (χ0v) is 29.1. The quantitative estimate of drug-likeness (QED) is 0.0448. The largest absolute Gasteiger partial charge is 0.462 e. The van der Waals surface area contributed by atoms with Crippen LogP contribution >= 0.6 is 0 Å². The van der Waals surface area contributed by atoms with Gasteiger partial charge in [0.2, 0.25) is 0 Å². The molecule has 13 heteroatoms. The van der Waals surface area contributed by atoms with E-state index in [-0.39, 0.29) is 19.4 Å². The third-order valence-corrected chi connectivity index (χ3v) is 7.99. The Labute approximate surface area is 285 Å². The van der Waals surface area contributed by atoms with E-state index < -0.39 is 71.2 Å². The summed E-state index contributed by atoms with van der Waals surface area (Å²) in [6, 6.07) is 0. The van der Waals surface area contributed by atoms with Crippen LogP contribution in [0.4, 0.5) is 0 Å². The fraction of sp³-hybridized carbons (Fsp3) is 0.657. The van der Waals surface area contributed by atoms with Crippen molar-refractivity contribution in [3.63, 3.8) is 0 Å². The average molecular weight is 701 g/mol. The van der Waals surface area contributed by atoms with Crippen LogP contribution in [0.15, 0.2) is 60.8 Å². The standard InChI is InChI=1S/C35H56O12S/c1-3-5-7-9-11-12-13-14-15-16-18-20-22-24-31(37)46-28(25-44-30(36)23-21-19-17-10-8-6-4-2)26-45-35-34(40)33(39)32(38)29(47-35)27-48(41,42)43/h5,7,9,11-16,18,28-29,32-35,38-40H,3-4,6,8,10,17,19-27H2,1-2H3,(H,41,42,43)/b7-5+,11-9+,13-12+,15-14+,18-16+/t28?,29-,32-,33?,34?,35+/m1/s1. The van der Waals surface area contributed by atoms with Gasteiger partial charge in [-0.25, -0.2) is 0 Å². The van der Waals surface area contributed by atoms with Gasteiger partial charge < -0.3 is 34.3 Å². The van der Waals surface area contributed by atoms with Gasteiger partial charge in [0, 0.05) is 12.8 Å². The Bertz CT molecular complexity index is 1140. The number of carbonyl (C=O) groups excluding carboxylic acids is 2. The molecule has 1 fully saturated rings. The van der Waals surface area contributed by atoms with Crippen molar-refractivity contribution in [2.45, 2.75) is 128 Å². The molecule has 6 atom stereocenters. The Morgan fingerprint density at radius 1 is 0.729 bits per heavy atom. The summed E-state index contributed by atoms with van der Waals surface area (Å²) in [6.07, 6.45) is 19.0. The highest BCUT2D eigenvalue weighted by atomic mass is 32.2. The van der Waals surface area contributed by atoms with Gasteiger partial charge >= 0.3 is 11.9 Å². The van der Waals surface area contributed by atoms with E-state index in [2.05, 4.69) is 19.9 Å². The van der Waals surface area contributed by atoms with E-state index in [1.807, 2.05) is 54.7 Å². The van der Waals surface area contributed by atoms with Crippen molar-refractivity contribution in [3.8, 4) is 0 Å². The van der Waals surface area contributed by atoms with E-state index in [4.69, 9.17) is 23.5 Å². The van der Waals surface area contributed by atoms with Gasteiger partial charge in [0.15, 0.2) is 12.4 Å². The Balaban J connectivity index is 2.66. The monoisotopic (exact) mass is 700 g/mol. The molecule has 12 nitrogen and oxygen atoms in total. The average Bonchev–Trinajstić information content (AvgIpc) is 3.04. The van der Waals surface area contributed by atoms with Crippen LogP contribution in [0.2, 0.25) is 0 Å². The Hall–Kier alpha value is -2.65. The number of aliphatic hydroxyl groups is 3. The van der Waals surface area contributed by atoms with E-state index in [0.717, 1.165) is 32.1 Å². The highest BCUT2D eigenvalue weighted by molar-refractivity contribution is 7.85. The first-order chi connectivity index (χ1) is 23.0. The third kappa shape index (κ3) is 21.3. The molecular weight excluding hydrogens is 644 g/mol. The Morgan fingerprint density at radius 3 is 1.94 bits per heavy atom. The number of unbranched alkanes of at least 4 members (excludes halogenated alkanes) is 7. The Morgan fingerprint density at radius 2 is 1.31 bits per heavy atom. The number of hydrogen-bond donors (Lipinski definition) is 4. The van der Waals surface area contributed by atoms with Gasteiger partial charge in [-0.05, 0) is 25.7 Å². The molecule has 48 heavy (non-hydrogen) atoms. The van der Waals surface area contributed by atoms with Crippen molar-refractivity contribution >= 4 is 22.1 Å². The number of carbonyl (C=O) groups is 2. The van der Waals surface area contributed by atoms with E-state index in [0.29, 0.717) is 19.3 Å². The molecule has 274 valence electrons. The second-order valence-electron chi connectivity index (χ2n) is 11.6. The van der Waals surface area contributed by atoms with Crippen LogP contribution in [-0.4, -0.2) is 96.0 Å². The lowest BCUT2D eigenvalue weighted by Gasteiger charge is -2.40. The second-order valence-corrected chi connectivity index (χ2v) is 13.1. The first-order valence-corrected chi connectivity index (χ1v) is 18.5. The lowest BCUT2D eigenvalue weighted by Crippen LogP contribution is -2.60. The smallest absolute Gasteiger partial charge is 0.306 e. The van der Waals surface area contributed by atoms with Crippen LogP contribution in [0.3, 0.4) is 0 Å². The fourth-order valence-corrected chi connectivity index (χ4v) is 5.28. The van der Waals surface area contributed by atoms with Crippen LogP contribution < -0.4 is 0 Å². The fourth-order valence-electron chi connectivity index (χ4n) is 4.59. The molecule has 0 aromatic rings. The van der Waals surface area contributed by atoms with Gasteiger partial charge in [-0.1, -0.05) is 113 Å². The maximum Gasteiger partial charge on any atom is 0.306 e. The van der Waals surface area contributed by atoms with E-state index in [9.17, 15) is 33.3 Å². The van der Waals surface area contributed by atoms with Crippen molar-refractivity contribution in [2.75, 3.05) is 19.0 Å². The van der Waals surface area contributed by atoms with Gasteiger partial charge in [0.25, 0.3) is 10.1 Å². The summed E-state index contributed by atoms with van der Waals surface area (Å²) >= 11 is 0. The summed E-state index contributed by atoms with van der Waals surface area (Å²) in [7, 11) is -4.60. The minimum Gasteiger partial charge on any atom is -0.462 e. The number of esters is 2. The van der Waals surface area contributed by atoms with E-state index >= 15 is 0 Å². The van der Waals surface area contributed by atoms with Crippen LogP contribution in [0.1, 0.15) is 90.9 Å². The van der Waals surface area contributed by atoms with E-state index in [1.165, 1.54) is 12.8 Å². The van der Waals surface area contributed by atoms with Gasteiger partial charge in [0.1, 0.15) is 36.8 Å². The molecule has 1 aliphatic rings. The molecule has 0 amide bonds. The topological polar surface area (TPSA) is 186 Å². The predicted molar refractivity (Wildman–Crippen MR) is 182 cm³/mol. The summed E-state index contributed by atoms with van der Waals surface area (Å²) < 4.78 is 53.4. The number of aliphatic hydroxyl groups excluding tert-OH is 3. The molecule has 1 saturated heterocycles. The third-order valence-electron chi connectivity index (χ3n) is 7.24. The number of allylic oxidation sites excluding steroid dienone is 10. The molecule has 0 aliphatic carbocycles. The highest BCUT2D eigenvalue weighted by Gasteiger charge is 2.46. The first-order valence-electron chi connectivity index (χ1n) is 16.9. The van der Waals surface area contributed by atoms with Crippen molar-refractivity contribution in [3.05, 3.63) is 60.8 Å². The number of ether oxygens (including phenoxy) is 4. The predicted octanol–water partition coefficient (Wildman–Crippen LogP) is 4.66. The highest BCUT2D eigenvalue weighted by Crippen LogP contribution is 2.23. The summed E-state index contributed by atoms with van der Waals surface area (Å²) in [5.41, 5.74) is 0. The molecule has 3 unspecified atom stereocenters. The lowest BCUT2D eigenvalue weighted by atomic mass is 10.00. The SMILES string of the molecule is CC/C=C/C=C/C=C/C=C/C=C/CCCC(=O)OC(COC(=O)CCCCCCCCC)CO[C@H]1O[C@H](CS(=O)(=O)O)[C@@H](O)C(O)C1O. The zero-order chi connectivity index (χ0) is 35.6. The molecule has 1 aliphatic heterocycles. The molecule has 0 aromatic carbocycles. The zero-order valence-electron chi connectivity index (χ0n) is 28.3. The molecule has 4 N–H and O–H groups in total. The van der Waals surface area contributed by atoms with Gasteiger partial charge in [0.05, 0.1) is 6.61 Å². The minimum absolute atomic E-state index is 0.0659. The summed E-state index contributed by atoms with van der Waals surface area (Å²) in [6.45, 7) is 3.43. The van der Waals surface area contributed by atoms with Crippen molar-refractivity contribution < 1.29 is 56.8 Å². The maximum atomic E-state index is 12.6. The first kappa shape index (κ1) is 43.4. The molecule has 0 saturated carbocycles. The minimum atomic E-state index is -4.60. The van der Waals surface area contributed by atoms with Gasteiger partial charge in [-0.3, -0.25) is 14.1 Å². The molecule has 0 bridgehead atoms. The van der Waals surface area contributed by atoms with Crippen LogP contribution in [-0.2, 0) is 38.7 Å². The molecule has 1 heterocycles. The van der Waals surface area contributed by atoms with Crippen LogP contribution in [0, 0.1) is 0 Å². The molecule has 0 radical (unpaired) electrons. The maximum absolute atomic E-state index is 12.6. The molecular formula is C35H56O12S. The second kappa shape index (κ2) is 26.2. The summed E-state index contributed by atoms with van der Waals surface area (Å²) in [4.78, 5) is 25.0. The van der Waals surface area contributed by atoms with Crippen LogP contribution in [0.25, 0.3) is 0 Å². The number of rotatable bonds is 25. The Kier molecular flexibility index (Phi) is 23.7.